The van der Waals surface area contributed by atoms with Gasteiger partial charge in [0.25, 0.3) is 0 Å². The van der Waals surface area contributed by atoms with Gasteiger partial charge in [-0.25, -0.2) is 0 Å². The fraction of sp³-hybridized carbons (Fsp3) is 0.440. The fourth-order valence-corrected chi connectivity index (χ4v) is 6.33. The molecule has 162 valence electrons. The van der Waals surface area contributed by atoms with E-state index in [2.05, 4.69) is 15.9 Å². The number of hydrogen-bond donors (Lipinski definition) is 0. The molecule has 3 fully saturated rings. The fourth-order valence-electron chi connectivity index (χ4n) is 6.06. The van der Waals surface area contributed by atoms with Gasteiger partial charge in [0.05, 0.1) is 13.0 Å². The Bertz CT molecular complexity index is 995. The number of para-hydroxylation sites is 1. The van der Waals surface area contributed by atoms with Crippen LogP contribution in [0.5, 0.6) is 11.5 Å². The highest BCUT2D eigenvalue weighted by atomic mass is 79.9. The number of benzene rings is 2. The summed E-state index contributed by atoms with van der Waals surface area (Å²) < 4.78 is 18.2. The highest BCUT2D eigenvalue weighted by Gasteiger charge is 2.72. The van der Waals surface area contributed by atoms with Gasteiger partial charge in [-0.1, -0.05) is 53.4 Å². The first-order valence-corrected chi connectivity index (χ1v) is 11.6. The molecule has 2 aliphatic carbocycles. The second-order valence-corrected chi connectivity index (χ2v) is 9.71. The molecule has 1 aliphatic heterocycles. The molecule has 5 rings (SSSR count). The third kappa shape index (κ3) is 3.27. The van der Waals surface area contributed by atoms with E-state index < -0.39 is 5.92 Å². The van der Waals surface area contributed by atoms with Crippen molar-refractivity contribution < 1.29 is 23.8 Å². The molecule has 1 saturated heterocycles. The van der Waals surface area contributed by atoms with Crippen LogP contribution in [-0.4, -0.2) is 25.2 Å². The highest BCUT2D eigenvalue weighted by Crippen LogP contribution is 2.66. The monoisotopic (exact) mass is 484 g/mol. The Morgan fingerprint density at radius 3 is 2.42 bits per heavy atom. The largest absolute Gasteiger partial charge is 0.496 e. The maximum absolute atomic E-state index is 13.7. The van der Waals surface area contributed by atoms with Gasteiger partial charge in [0, 0.05) is 15.8 Å². The van der Waals surface area contributed by atoms with Crippen LogP contribution in [0, 0.1) is 17.3 Å². The molecule has 1 heterocycles. The highest BCUT2D eigenvalue weighted by molar-refractivity contribution is 9.10. The lowest BCUT2D eigenvalue weighted by Gasteiger charge is -2.45. The Balaban J connectivity index is 1.59. The number of rotatable bonds is 4. The minimum Gasteiger partial charge on any atom is -0.496 e. The van der Waals surface area contributed by atoms with E-state index in [0.717, 1.165) is 42.1 Å². The molecule has 0 N–H and O–H groups in total. The van der Waals surface area contributed by atoms with Gasteiger partial charge in [0.2, 0.25) is 0 Å². The Morgan fingerprint density at radius 2 is 1.74 bits per heavy atom. The van der Waals surface area contributed by atoms with Crippen LogP contribution in [0.2, 0.25) is 0 Å². The van der Waals surface area contributed by atoms with Crippen molar-refractivity contribution in [1.82, 2.24) is 0 Å². The van der Waals surface area contributed by atoms with Crippen LogP contribution >= 0.6 is 15.9 Å². The van der Waals surface area contributed by atoms with Crippen molar-refractivity contribution in [3.05, 3.63) is 58.6 Å². The zero-order valence-corrected chi connectivity index (χ0v) is 19.0. The molecule has 31 heavy (non-hydrogen) atoms. The summed E-state index contributed by atoms with van der Waals surface area (Å²) in [5.74, 6) is -0.421. The summed E-state index contributed by atoms with van der Waals surface area (Å²) in [6.07, 6.45) is 4.70. The molecule has 4 atom stereocenters. The Morgan fingerprint density at radius 1 is 1.03 bits per heavy atom. The zero-order valence-electron chi connectivity index (χ0n) is 17.4. The summed E-state index contributed by atoms with van der Waals surface area (Å²) in [5.41, 5.74) is 0.506. The minimum absolute atomic E-state index is 0.218. The summed E-state index contributed by atoms with van der Waals surface area (Å²) >= 11 is 3.41. The Kier molecular flexibility index (Phi) is 5.29. The van der Waals surface area contributed by atoms with Crippen LogP contribution < -0.4 is 9.47 Å². The van der Waals surface area contributed by atoms with Gasteiger partial charge in [0.1, 0.15) is 23.5 Å². The lowest BCUT2D eigenvalue weighted by Crippen LogP contribution is -2.52. The van der Waals surface area contributed by atoms with Gasteiger partial charge >= 0.3 is 11.9 Å². The third-order valence-corrected chi connectivity index (χ3v) is 7.87. The summed E-state index contributed by atoms with van der Waals surface area (Å²) in [6, 6.07) is 14.9. The second-order valence-electron chi connectivity index (χ2n) is 8.80. The van der Waals surface area contributed by atoms with Crippen molar-refractivity contribution in [3.63, 3.8) is 0 Å². The zero-order chi connectivity index (χ0) is 21.6. The predicted octanol–water partition coefficient (Wildman–Crippen LogP) is 5.27. The van der Waals surface area contributed by atoms with Crippen LogP contribution in [0.15, 0.2) is 53.0 Å². The van der Waals surface area contributed by atoms with E-state index in [1.165, 1.54) is 0 Å². The van der Waals surface area contributed by atoms with E-state index >= 15 is 0 Å². The molecule has 1 spiro atoms. The summed E-state index contributed by atoms with van der Waals surface area (Å²) in [6.45, 7) is 0. The number of methoxy groups -OCH3 is 1. The first kappa shape index (κ1) is 20.6. The Labute approximate surface area is 190 Å². The number of carbonyl (C=O) groups excluding carboxylic acids is 2. The number of carbonyl (C=O) groups is 2. The van der Waals surface area contributed by atoms with Crippen molar-refractivity contribution in [3.8, 4) is 11.5 Å². The van der Waals surface area contributed by atoms with Crippen LogP contribution in [0.1, 0.15) is 43.6 Å². The maximum atomic E-state index is 13.7. The first-order chi connectivity index (χ1) is 15.0. The number of halogens is 1. The number of esters is 2. The lowest BCUT2D eigenvalue weighted by molar-refractivity contribution is -0.196. The van der Waals surface area contributed by atoms with Crippen LogP contribution in [0.3, 0.4) is 0 Å². The molecule has 6 heteroatoms. The van der Waals surface area contributed by atoms with E-state index in [4.69, 9.17) is 14.2 Å². The van der Waals surface area contributed by atoms with Gasteiger partial charge in [-0.3, -0.25) is 9.59 Å². The molecular weight excluding hydrogens is 460 g/mol. The molecule has 2 saturated carbocycles. The van der Waals surface area contributed by atoms with Gasteiger partial charge < -0.3 is 14.2 Å². The molecule has 0 aromatic heterocycles. The first-order valence-electron chi connectivity index (χ1n) is 10.9. The van der Waals surface area contributed by atoms with E-state index in [1.54, 1.807) is 19.2 Å². The molecule has 3 aliphatic rings. The third-order valence-electron chi connectivity index (χ3n) is 7.34. The van der Waals surface area contributed by atoms with E-state index in [-0.39, 0.29) is 35.3 Å². The average Bonchev–Trinajstić information content (AvgIpc) is 3.00. The number of ether oxygens (including phenoxy) is 3. The quantitative estimate of drug-likeness (QED) is 0.436. The molecule has 0 amide bonds. The molecule has 2 aromatic carbocycles. The normalized spacial score (nSPS) is 28.4. The summed E-state index contributed by atoms with van der Waals surface area (Å²) in [5, 5.41) is 0. The molecule has 0 bridgehead atoms. The van der Waals surface area contributed by atoms with E-state index in [0.29, 0.717) is 11.5 Å². The van der Waals surface area contributed by atoms with Crippen molar-refractivity contribution >= 4 is 27.9 Å². The molecule has 2 aromatic rings. The van der Waals surface area contributed by atoms with Gasteiger partial charge in [-0.15, -0.1) is 0 Å². The van der Waals surface area contributed by atoms with Crippen molar-refractivity contribution in [2.45, 2.75) is 44.1 Å². The van der Waals surface area contributed by atoms with Crippen molar-refractivity contribution in [2.24, 2.45) is 17.3 Å². The SMILES string of the molecule is COc1ccccc1[C@@H]1[C@H]2C(=O)O[C@H]2C2(CCCCC2)[C@@H]1C(=O)Oc1ccc(Br)cc1. The standard InChI is InChI=1S/C25H25BrO5/c1-29-18-8-4-3-7-17(18)19-20-22(31-23(20)27)25(13-5-2-6-14-25)21(19)24(28)30-16-11-9-15(26)10-12-16/h3-4,7-12,19-22H,2,5-6,13-14H2,1H3/t19-,20-,21+,22-/m1/s1. The molecule has 0 unspecified atom stereocenters. The van der Waals surface area contributed by atoms with E-state index in [9.17, 15) is 9.59 Å². The lowest BCUT2D eigenvalue weighted by atomic mass is 9.64. The molecule has 0 radical (unpaired) electrons. The molecular formula is C25H25BrO5. The predicted molar refractivity (Wildman–Crippen MR) is 118 cm³/mol. The van der Waals surface area contributed by atoms with Gasteiger partial charge in [-0.05, 0) is 48.7 Å². The molecule has 5 nitrogen and oxygen atoms in total. The number of hydrogen-bond acceptors (Lipinski definition) is 5. The van der Waals surface area contributed by atoms with Crippen LogP contribution in [0.4, 0.5) is 0 Å². The summed E-state index contributed by atoms with van der Waals surface area (Å²) in [7, 11) is 1.62. The second kappa shape index (κ2) is 7.97. The van der Waals surface area contributed by atoms with Gasteiger partial charge in [-0.2, -0.15) is 0 Å². The van der Waals surface area contributed by atoms with Crippen molar-refractivity contribution in [1.29, 1.82) is 0 Å². The number of fused-ring (bicyclic) bond motifs is 2. The van der Waals surface area contributed by atoms with Crippen LogP contribution in [0.25, 0.3) is 0 Å². The smallest absolute Gasteiger partial charge is 0.315 e. The minimum atomic E-state index is -0.464. The maximum Gasteiger partial charge on any atom is 0.315 e. The summed E-state index contributed by atoms with van der Waals surface area (Å²) in [4.78, 5) is 26.4. The topological polar surface area (TPSA) is 61.8 Å². The Hall–Kier alpha value is -2.34. The van der Waals surface area contributed by atoms with E-state index in [1.807, 2.05) is 36.4 Å². The van der Waals surface area contributed by atoms with Gasteiger partial charge in [0.15, 0.2) is 0 Å². The average molecular weight is 485 g/mol. The van der Waals surface area contributed by atoms with Crippen LogP contribution in [-0.2, 0) is 14.3 Å². The van der Waals surface area contributed by atoms with Crippen molar-refractivity contribution in [2.75, 3.05) is 7.11 Å².